The molecule has 0 aromatic carbocycles. The van der Waals surface area contributed by atoms with Crippen LogP contribution in [0.15, 0.2) is 12.4 Å². The lowest BCUT2D eigenvalue weighted by Crippen LogP contribution is -2.57. The Bertz CT molecular complexity index is 696. The van der Waals surface area contributed by atoms with Crippen molar-refractivity contribution in [1.29, 1.82) is 0 Å². The summed E-state index contributed by atoms with van der Waals surface area (Å²) >= 11 is 0. The van der Waals surface area contributed by atoms with E-state index in [4.69, 9.17) is 4.74 Å². The number of nitrogens with one attached hydrogen (secondary N) is 2. The molecule has 0 spiro atoms. The van der Waals surface area contributed by atoms with Crippen molar-refractivity contribution in [2.45, 2.75) is 64.1 Å². The molecule has 1 unspecified atom stereocenters. The smallest absolute Gasteiger partial charge is 0.358 e. The van der Waals surface area contributed by atoms with Gasteiger partial charge in [0.25, 0.3) is 0 Å². The summed E-state index contributed by atoms with van der Waals surface area (Å²) < 4.78 is 10.6. The summed E-state index contributed by atoms with van der Waals surface area (Å²) in [6.45, 7) is 4.94. The Balaban J connectivity index is 1.63. The number of methoxy groups -OCH3 is 1. The summed E-state index contributed by atoms with van der Waals surface area (Å²) in [5.74, 6) is 0.219. The first-order valence-electron chi connectivity index (χ1n) is 10.1. The lowest BCUT2D eigenvalue weighted by molar-refractivity contribution is -0.167. The van der Waals surface area contributed by atoms with Crippen LogP contribution in [-0.2, 0) is 14.3 Å². The average molecular weight is 390 g/mol. The summed E-state index contributed by atoms with van der Waals surface area (Å²) in [4.78, 5) is 32.5. The molecule has 3 rings (SSSR count). The lowest BCUT2D eigenvalue weighted by atomic mass is 10.0. The molecule has 8 heteroatoms. The number of nitrogens with zero attached hydrogens (tertiary/aromatic N) is 2. The van der Waals surface area contributed by atoms with E-state index in [1.165, 1.54) is 19.5 Å². The molecule has 1 aliphatic heterocycles. The number of unbranched alkanes of at least 4 members (excludes halogenated alkanes) is 2. The van der Waals surface area contributed by atoms with Crippen LogP contribution >= 0.6 is 0 Å². The predicted octanol–water partition coefficient (Wildman–Crippen LogP) is 2.51. The number of piperidine rings is 1. The van der Waals surface area contributed by atoms with E-state index in [9.17, 15) is 9.59 Å². The summed E-state index contributed by atoms with van der Waals surface area (Å²) in [5, 5.41) is 6.73. The van der Waals surface area contributed by atoms with Crippen molar-refractivity contribution in [3.8, 4) is 0 Å². The number of hydrogen-bond donors (Lipinski definition) is 2. The summed E-state index contributed by atoms with van der Waals surface area (Å²) in [5.41, 5.74) is -0.551. The first kappa shape index (κ1) is 20.5. The molecule has 2 aliphatic rings. The molecule has 4 atom stereocenters. The number of anilines is 1. The van der Waals surface area contributed by atoms with Gasteiger partial charge in [-0.25, -0.2) is 14.8 Å². The quantitative estimate of drug-likeness (QED) is 0.490. The van der Waals surface area contributed by atoms with E-state index in [-0.39, 0.29) is 23.6 Å². The van der Waals surface area contributed by atoms with Crippen LogP contribution in [0.5, 0.6) is 0 Å². The van der Waals surface area contributed by atoms with E-state index < -0.39 is 11.7 Å². The predicted molar refractivity (Wildman–Crippen MR) is 104 cm³/mol. The zero-order chi connectivity index (χ0) is 20.1. The average Bonchev–Trinajstić information content (AvgIpc) is 3.25. The molecule has 2 bridgehead atoms. The molecule has 1 aromatic heterocycles. The maximum Gasteiger partial charge on any atom is 0.358 e. The Labute approximate surface area is 165 Å². The maximum absolute atomic E-state index is 12.7. The second kappa shape index (κ2) is 8.86. The van der Waals surface area contributed by atoms with Crippen molar-refractivity contribution in [2.75, 3.05) is 19.0 Å². The second-order valence-corrected chi connectivity index (χ2v) is 7.87. The molecule has 2 N–H and O–H groups in total. The van der Waals surface area contributed by atoms with Crippen molar-refractivity contribution < 1.29 is 19.1 Å². The van der Waals surface area contributed by atoms with E-state index >= 15 is 0 Å². The van der Waals surface area contributed by atoms with Gasteiger partial charge in [-0.05, 0) is 18.8 Å². The molecule has 2 heterocycles. The molecule has 1 aromatic rings. The van der Waals surface area contributed by atoms with Gasteiger partial charge in [-0.15, -0.1) is 0 Å². The van der Waals surface area contributed by atoms with Gasteiger partial charge in [0.05, 0.1) is 31.5 Å². The van der Waals surface area contributed by atoms with Gasteiger partial charge in [0, 0.05) is 13.0 Å². The largest absolute Gasteiger partial charge is 0.464 e. The molecule has 28 heavy (non-hydrogen) atoms. The molecule has 1 aliphatic carbocycles. The molecule has 1 saturated heterocycles. The second-order valence-electron chi connectivity index (χ2n) is 7.87. The third-order valence-electron chi connectivity index (χ3n) is 5.71. The van der Waals surface area contributed by atoms with Crippen LogP contribution in [0, 0.1) is 11.8 Å². The van der Waals surface area contributed by atoms with E-state index in [2.05, 4.69) is 32.3 Å². The van der Waals surface area contributed by atoms with Crippen molar-refractivity contribution in [3.63, 3.8) is 0 Å². The van der Waals surface area contributed by atoms with Crippen LogP contribution in [-0.4, -0.2) is 47.3 Å². The van der Waals surface area contributed by atoms with E-state index in [0.29, 0.717) is 11.7 Å². The molecular weight excluding hydrogens is 360 g/mol. The SMILES string of the molecule is CCCCCC(C)C(=O)O[C@]12C[C@@H](CN1)C[C@H]2Nc1cnc(C(=O)OC)cn1. The Morgan fingerprint density at radius 3 is 2.82 bits per heavy atom. The van der Waals surface area contributed by atoms with Crippen LogP contribution in [0.1, 0.15) is 62.9 Å². The fourth-order valence-corrected chi connectivity index (χ4v) is 4.06. The minimum Gasteiger partial charge on any atom is -0.464 e. The topological polar surface area (TPSA) is 102 Å². The Kier molecular flexibility index (Phi) is 6.49. The van der Waals surface area contributed by atoms with Crippen molar-refractivity contribution in [3.05, 3.63) is 18.1 Å². The highest BCUT2D eigenvalue weighted by Gasteiger charge is 2.55. The highest BCUT2D eigenvalue weighted by Crippen LogP contribution is 2.42. The van der Waals surface area contributed by atoms with Gasteiger partial charge in [-0.1, -0.05) is 33.1 Å². The fourth-order valence-electron chi connectivity index (χ4n) is 4.06. The van der Waals surface area contributed by atoms with Crippen LogP contribution in [0.3, 0.4) is 0 Å². The van der Waals surface area contributed by atoms with E-state index in [1.54, 1.807) is 0 Å². The maximum atomic E-state index is 12.7. The number of aromatic nitrogens is 2. The first-order valence-corrected chi connectivity index (χ1v) is 10.1. The van der Waals surface area contributed by atoms with Crippen molar-refractivity contribution >= 4 is 17.8 Å². The minimum absolute atomic E-state index is 0.0867. The Morgan fingerprint density at radius 2 is 2.18 bits per heavy atom. The molecular formula is C20H30N4O4. The number of rotatable bonds is 9. The zero-order valence-electron chi connectivity index (χ0n) is 16.9. The molecule has 1 saturated carbocycles. The number of fused-ring (bicyclic) bond motifs is 2. The van der Waals surface area contributed by atoms with Gasteiger partial charge >= 0.3 is 11.9 Å². The Hall–Kier alpha value is -2.22. The molecule has 0 radical (unpaired) electrons. The number of ether oxygens (including phenoxy) is 2. The first-order chi connectivity index (χ1) is 13.5. The third kappa shape index (κ3) is 4.43. The van der Waals surface area contributed by atoms with Crippen LogP contribution < -0.4 is 10.6 Å². The van der Waals surface area contributed by atoms with Gasteiger partial charge in [0.2, 0.25) is 0 Å². The normalized spacial score (nSPS) is 26.7. The van der Waals surface area contributed by atoms with Crippen LogP contribution in [0.25, 0.3) is 0 Å². The fraction of sp³-hybridized carbons (Fsp3) is 0.700. The van der Waals surface area contributed by atoms with Gasteiger partial charge in [-0.3, -0.25) is 10.1 Å². The number of carbonyl (C=O) groups excluding carboxylic acids is 2. The lowest BCUT2D eigenvalue weighted by Gasteiger charge is -2.36. The van der Waals surface area contributed by atoms with Gasteiger partial charge in [0.1, 0.15) is 5.82 Å². The highest BCUT2D eigenvalue weighted by atomic mass is 16.6. The van der Waals surface area contributed by atoms with Gasteiger partial charge < -0.3 is 14.8 Å². The van der Waals surface area contributed by atoms with Gasteiger partial charge in [0.15, 0.2) is 11.4 Å². The number of esters is 2. The van der Waals surface area contributed by atoms with Crippen LogP contribution in [0.4, 0.5) is 5.82 Å². The Morgan fingerprint density at radius 1 is 1.36 bits per heavy atom. The molecule has 2 fully saturated rings. The third-order valence-corrected chi connectivity index (χ3v) is 5.71. The van der Waals surface area contributed by atoms with Crippen molar-refractivity contribution in [2.24, 2.45) is 11.8 Å². The summed E-state index contributed by atoms with van der Waals surface area (Å²) in [6.07, 6.45) is 8.73. The monoisotopic (exact) mass is 390 g/mol. The summed E-state index contributed by atoms with van der Waals surface area (Å²) in [7, 11) is 1.30. The number of carbonyl (C=O) groups is 2. The van der Waals surface area contributed by atoms with E-state index in [1.807, 2.05) is 6.92 Å². The molecule has 154 valence electrons. The van der Waals surface area contributed by atoms with Crippen LogP contribution in [0.2, 0.25) is 0 Å². The number of hydrogen-bond acceptors (Lipinski definition) is 8. The minimum atomic E-state index is -0.705. The summed E-state index contributed by atoms with van der Waals surface area (Å²) in [6, 6.07) is -0.0867. The highest BCUT2D eigenvalue weighted by molar-refractivity contribution is 5.86. The molecule has 0 amide bonds. The molecule has 8 nitrogen and oxygen atoms in total. The van der Waals surface area contributed by atoms with Gasteiger partial charge in [-0.2, -0.15) is 0 Å². The van der Waals surface area contributed by atoms with Crippen molar-refractivity contribution in [1.82, 2.24) is 15.3 Å². The zero-order valence-corrected chi connectivity index (χ0v) is 16.9. The standard InChI is InChI=1S/C20H30N4O4/c1-4-5-6-7-13(2)18(25)28-20-9-14(10-23-20)8-16(20)24-17-12-21-15(11-22-17)19(26)27-3/h11-14,16,23H,4-10H2,1-3H3,(H,22,24)/t13?,14-,16+,20-/m0/s1. The van der Waals surface area contributed by atoms with E-state index in [0.717, 1.165) is 45.1 Å².